The van der Waals surface area contributed by atoms with E-state index in [1.807, 2.05) is 73.7 Å². The molecule has 0 spiro atoms. The standard InChI is InChI=1S/C25H25NO2/c1-17(24(27)20-15-9-4-10-16-20)26-25(28)23-21(18-11-5-2-6-12-18)22(23)19-13-7-3-8-14-19/h2-17,21-24,27H,1H3,(H,26,28)/t17-,21+,22+,24-/m0/s1. The Labute approximate surface area is 166 Å². The molecule has 28 heavy (non-hydrogen) atoms. The van der Waals surface area contributed by atoms with Crippen LogP contribution in [0.25, 0.3) is 0 Å². The van der Waals surface area contributed by atoms with Crippen molar-refractivity contribution in [3.63, 3.8) is 0 Å². The predicted octanol–water partition coefficient (Wildman–Crippen LogP) is 4.42. The lowest BCUT2D eigenvalue weighted by molar-refractivity contribution is -0.124. The second-order valence-corrected chi connectivity index (χ2v) is 7.55. The highest BCUT2D eigenvalue weighted by atomic mass is 16.3. The Morgan fingerprint density at radius 1 is 0.786 bits per heavy atom. The van der Waals surface area contributed by atoms with Crippen molar-refractivity contribution in [2.24, 2.45) is 5.92 Å². The molecule has 4 atom stereocenters. The lowest BCUT2D eigenvalue weighted by Gasteiger charge is -2.21. The Bertz CT molecular complexity index is 866. The number of amides is 1. The van der Waals surface area contributed by atoms with Gasteiger partial charge in [-0.3, -0.25) is 4.79 Å². The molecular formula is C25H25NO2. The van der Waals surface area contributed by atoms with E-state index in [0.717, 1.165) is 5.56 Å². The zero-order valence-electron chi connectivity index (χ0n) is 15.9. The molecule has 3 aromatic carbocycles. The summed E-state index contributed by atoms with van der Waals surface area (Å²) in [4.78, 5) is 13.1. The Morgan fingerprint density at radius 2 is 1.21 bits per heavy atom. The van der Waals surface area contributed by atoms with E-state index in [1.165, 1.54) is 11.1 Å². The number of hydrogen-bond donors (Lipinski definition) is 2. The van der Waals surface area contributed by atoms with Crippen LogP contribution in [0.4, 0.5) is 0 Å². The Balaban J connectivity index is 1.52. The molecule has 0 heterocycles. The highest BCUT2D eigenvalue weighted by Gasteiger charge is 2.56. The molecule has 1 aliphatic rings. The van der Waals surface area contributed by atoms with Crippen molar-refractivity contribution in [1.29, 1.82) is 0 Å². The summed E-state index contributed by atoms with van der Waals surface area (Å²) in [6, 6.07) is 29.6. The van der Waals surface area contributed by atoms with E-state index in [0.29, 0.717) is 0 Å². The third-order valence-corrected chi connectivity index (χ3v) is 5.68. The van der Waals surface area contributed by atoms with Crippen molar-refractivity contribution in [1.82, 2.24) is 5.32 Å². The summed E-state index contributed by atoms with van der Waals surface area (Å²) in [5.74, 6) is 0.231. The quantitative estimate of drug-likeness (QED) is 0.674. The SMILES string of the molecule is C[C@H](NC(=O)C1[C@H](c2ccccc2)[C@H]1c1ccccc1)[C@H](O)c1ccccc1. The van der Waals surface area contributed by atoms with E-state index < -0.39 is 6.10 Å². The van der Waals surface area contributed by atoms with E-state index in [1.54, 1.807) is 0 Å². The van der Waals surface area contributed by atoms with Crippen molar-refractivity contribution in [2.45, 2.75) is 30.9 Å². The Hall–Kier alpha value is -2.91. The molecule has 0 bridgehead atoms. The second kappa shape index (κ2) is 7.99. The molecule has 3 heteroatoms. The van der Waals surface area contributed by atoms with Gasteiger partial charge < -0.3 is 10.4 Å². The van der Waals surface area contributed by atoms with E-state index in [2.05, 4.69) is 29.6 Å². The van der Waals surface area contributed by atoms with Crippen molar-refractivity contribution >= 4 is 5.91 Å². The first-order chi connectivity index (χ1) is 13.7. The highest BCUT2D eigenvalue weighted by Crippen LogP contribution is 2.60. The van der Waals surface area contributed by atoms with E-state index in [9.17, 15) is 9.90 Å². The summed E-state index contributed by atoms with van der Waals surface area (Å²) in [5.41, 5.74) is 3.19. The van der Waals surface area contributed by atoms with Crippen molar-refractivity contribution < 1.29 is 9.90 Å². The molecule has 4 rings (SSSR count). The van der Waals surface area contributed by atoms with Crippen LogP contribution >= 0.6 is 0 Å². The van der Waals surface area contributed by atoms with Crippen LogP contribution in [0.15, 0.2) is 91.0 Å². The molecule has 1 saturated carbocycles. The minimum absolute atomic E-state index is 0.00480. The average Bonchev–Trinajstić information content (AvgIpc) is 3.51. The van der Waals surface area contributed by atoms with Crippen LogP contribution in [0.5, 0.6) is 0 Å². The number of hydrogen-bond acceptors (Lipinski definition) is 2. The van der Waals surface area contributed by atoms with Gasteiger partial charge in [0.15, 0.2) is 0 Å². The van der Waals surface area contributed by atoms with Crippen molar-refractivity contribution in [2.75, 3.05) is 0 Å². The molecule has 1 amide bonds. The van der Waals surface area contributed by atoms with Gasteiger partial charge in [-0.2, -0.15) is 0 Å². The maximum Gasteiger partial charge on any atom is 0.224 e. The summed E-state index contributed by atoms with van der Waals surface area (Å²) in [6.45, 7) is 1.85. The molecule has 0 radical (unpaired) electrons. The number of carbonyl (C=O) groups excluding carboxylic acids is 1. The van der Waals surface area contributed by atoms with E-state index in [4.69, 9.17) is 0 Å². The van der Waals surface area contributed by atoms with E-state index >= 15 is 0 Å². The molecular weight excluding hydrogens is 346 g/mol. The molecule has 2 N–H and O–H groups in total. The molecule has 3 aromatic rings. The summed E-state index contributed by atoms with van der Waals surface area (Å²) in [7, 11) is 0. The molecule has 1 fully saturated rings. The summed E-state index contributed by atoms with van der Waals surface area (Å²) in [6.07, 6.45) is -0.728. The van der Waals surface area contributed by atoms with Crippen molar-refractivity contribution in [3.8, 4) is 0 Å². The predicted molar refractivity (Wildman–Crippen MR) is 111 cm³/mol. The second-order valence-electron chi connectivity index (χ2n) is 7.55. The van der Waals surface area contributed by atoms with Crippen LogP contribution in [0.3, 0.4) is 0 Å². The van der Waals surface area contributed by atoms with Crippen LogP contribution in [0.1, 0.15) is 41.6 Å². The lowest BCUT2D eigenvalue weighted by atomic mass is 10.0. The average molecular weight is 371 g/mol. The van der Waals surface area contributed by atoms with Gasteiger partial charge in [0.1, 0.15) is 0 Å². The summed E-state index contributed by atoms with van der Waals surface area (Å²) >= 11 is 0. The zero-order valence-corrected chi connectivity index (χ0v) is 15.9. The maximum atomic E-state index is 13.1. The van der Waals surface area contributed by atoms with Crippen LogP contribution in [-0.4, -0.2) is 17.1 Å². The number of carbonyl (C=O) groups is 1. The van der Waals surface area contributed by atoms with Crippen LogP contribution in [-0.2, 0) is 4.79 Å². The normalized spacial score (nSPS) is 22.9. The van der Waals surface area contributed by atoms with Crippen molar-refractivity contribution in [3.05, 3.63) is 108 Å². The number of benzene rings is 3. The minimum atomic E-state index is -0.728. The van der Waals surface area contributed by atoms with Gasteiger partial charge in [-0.25, -0.2) is 0 Å². The molecule has 0 unspecified atom stereocenters. The smallest absolute Gasteiger partial charge is 0.224 e. The lowest BCUT2D eigenvalue weighted by Crippen LogP contribution is -2.38. The third-order valence-electron chi connectivity index (χ3n) is 5.68. The number of aliphatic hydroxyl groups is 1. The molecule has 0 aliphatic heterocycles. The first-order valence-corrected chi connectivity index (χ1v) is 9.80. The fraction of sp³-hybridized carbons (Fsp3) is 0.240. The minimum Gasteiger partial charge on any atom is -0.386 e. The van der Waals surface area contributed by atoms with Gasteiger partial charge in [-0.05, 0) is 23.6 Å². The van der Waals surface area contributed by atoms with E-state index in [-0.39, 0.29) is 29.7 Å². The molecule has 1 aliphatic carbocycles. The number of rotatable bonds is 6. The number of aliphatic hydroxyl groups excluding tert-OH is 1. The monoisotopic (exact) mass is 371 g/mol. The largest absolute Gasteiger partial charge is 0.386 e. The topological polar surface area (TPSA) is 49.3 Å². The Kier molecular flexibility index (Phi) is 5.27. The number of nitrogens with one attached hydrogen (secondary N) is 1. The Morgan fingerprint density at radius 3 is 1.68 bits per heavy atom. The molecule has 0 saturated heterocycles. The van der Waals surface area contributed by atoms with Gasteiger partial charge >= 0.3 is 0 Å². The fourth-order valence-electron chi connectivity index (χ4n) is 4.16. The van der Waals surface area contributed by atoms with Crippen LogP contribution < -0.4 is 5.32 Å². The van der Waals surface area contributed by atoms with Gasteiger partial charge in [0, 0.05) is 11.8 Å². The van der Waals surface area contributed by atoms with Gasteiger partial charge in [0.2, 0.25) is 5.91 Å². The van der Waals surface area contributed by atoms with Gasteiger partial charge in [-0.15, -0.1) is 0 Å². The zero-order chi connectivity index (χ0) is 19.5. The van der Waals surface area contributed by atoms with Crippen LogP contribution in [0, 0.1) is 5.92 Å². The molecule has 3 nitrogen and oxygen atoms in total. The summed E-state index contributed by atoms with van der Waals surface area (Å²) in [5, 5.41) is 13.6. The van der Waals surface area contributed by atoms with Gasteiger partial charge in [-0.1, -0.05) is 91.0 Å². The highest BCUT2D eigenvalue weighted by molar-refractivity contribution is 5.85. The summed E-state index contributed by atoms with van der Waals surface area (Å²) < 4.78 is 0. The van der Waals surface area contributed by atoms with Gasteiger partial charge in [0.05, 0.1) is 18.1 Å². The molecule has 0 aromatic heterocycles. The van der Waals surface area contributed by atoms with Crippen LogP contribution in [0.2, 0.25) is 0 Å². The first kappa shape index (κ1) is 18.5. The maximum absolute atomic E-state index is 13.1. The molecule has 142 valence electrons. The fourth-order valence-corrected chi connectivity index (χ4v) is 4.16. The third kappa shape index (κ3) is 3.71. The van der Waals surface area contributed by atoms with Gasteiger partial charge in [0.25, 0.3) is 0 Å². The first-order valence-electron chi connectivity index (χ1n) is 9.80.